The lowest BCUT2D eigenvalue weighted by atomic mass is 10.3. The molecule has 94 valence electrons. The Bertz CT molecular complexity index is 539. The van der Waals surface area contributed by atoms with E-state index < -0.39 is 0 Å². The average molecular weight is 264 g/mol. The maximum atomic E-state index is 6.01. The first-order chi connectivity index (χ1) is 8.58. The maximum Gasteiger partial charge on any atom is 0.159 e. The summed E-state index contributed by atoms with van der Waals surface area (Å²) in [6.45, 7) is 0. The molecule has 0 unspecified atom stereocenters. The van der Waals surface area contributed by atoms with E-state index in [-0.39, 0.29) is 0 Å². The summed E-state index contributed by atoms with van der Waals surface area (Å²) in [7, 11) is 3.76. The zero-order valence-corrected chi connectivity index (χ0v) is 10.9. The van der Waals surface area contributed by atoms with E-state index in [1.165, 1.54) is 6.33 Å². The molecule has 2 aromatic rings. The highest BCUT2D eigenvalue weighted by molar-refractivity contribution is 6.30. The standard InChI is InChI=1S/C12H14ClN5/c1-18(2)12-10(14)11(15-7-16-12)17-9-5-3-8(13)4-6-9/h3-7H,14H2,1-2H3,(H,15,16,17). The van der Waals surface area contributed by atoms with Crippen molar-refractivity contribution < 1.29 is 0 Å². The Morgan fingerprint density at radius 3 is 2.44 bits per heavy atom. The lowest BCUT2D eigenvalue weighted by molar-refractivity contribution is 1.04. The molecule has 0 saturated heterocycles. The van der Waals surface area contributed by atoms with Crippen molar-refractivity contribution >= 4 is 34.6 Å². The van der Waals surface area contributed by atoms with Gasteiger partial charge in [0.25, 0.3) is 0 Å². The number of halogens is 1. The van der Waals surface area contributed by atoms with Gasteiger partial charge in [0.2, 0.25) is 0 Å². The summed E-state index contributed by atoms with van der Waals surface area (Å²) in [5, 5.41) is 3.82. The number of rotatable bonds is 3. The number of nitrogens with one attached hydrogen (secondary N) is 1. The van der Waals surface area contributed by atoms with Gasteiger partial charge < -0.3 is 16.0 Å². The topological polar surface area (TPSA) is 67.1 Å². The third kappa shape index (κ3) is 2.62. The van der Waals surface area contributed by atoms with Crippen molar-refractivity contribution in [1.82, 2.24) is 9.97 Å². The quantitative estimate of drug-likeness (QED) is 0.891. The minimum Gasteiger partial charge on any atom is -0.393 e. The molecular weight excluding hydrogens is 250 g/mol. The predicted molar refractivity (Wildman–Crippen MR) is 75.5 cm³/mol. The summed E-state index contributed by atoms with van der Waals surface area (Å²) in [4.78, 5) is 10.1. The number of hydrogen-bond donors (Lipinski definition) is 2. The third-order valence-corrected chi connectivity index (χ3v) is 2.65. The highest BCUT2D eigenvalue weighted by Gasteiger charge is 2.09. The largest absolute Gasteiger partial charge is 0.393 e. The molecule has 6 heteroatoms. The Hall–Kier alpha value is -2.01. The number of aromatic nitrogens is 2. The molecule has 0 spiro atoms. The Labute approximate surface area is 111 Å². The smallest absolute Gasteiger partial charge is 0.159 e. The van der Waals surface area contributed by atoms with Crippen molar-refractivity contribution in [3.05, 3.63) is 35.6 Å². The molecule has 0 aliphatic heterocycles. The van der Waals surface area contributed by atoms with E-state index in [1.54, 1.807) is 12.1 Å². The van der Waals surface area contributed by atoms with Crippen LogP contribution in [0.15, 0.2) is 30.6 Å². The van der Waals surface area contributed by atoms with Crippen LogP contribution in [-0.4, -0.2) is 24.1 Å². The van der Waals surface area contributed by atoms with Gasteiger partial charge in [-0.3, -0.25) is 0 Å². The number of nitrogens with zero attached hydrogens (tertiary/aromatic N) is 3. The molecular formula is C12H14ClN5. The lowest BCUT2D eigenvalue weighted by Gasteiger charge is -2.16. The fraction of sp³-hybridized carbons (Fsp3) is 0.167. The van der Waals surface area contributed by atoms with E-state index in [2.05, 4.69) is 15.3 Å². The first-order valence-corrected chi connectivity index (χ1v) is 5.76. The summed E-state index contributed by atoms with van der Waals surface area (Å²) < 4.78 is 0. The molecule has 2 rings (SSSR count). The number of nitrogen functional groups attached to an aromatic ring is 1. The monoisotopic (exact) mass is 263 g/mol. The molecule has 0 bridgehead atoms. The van der Waals surface area contributed by atoms with Crippen LogP contribution in [0.2, 0.25) is 5.02 Å². The van der Waals surface area contributed by atoms with Gasteiger partial charge in [0, 0.05) is 24.8 Å². The van der Waals surface area contributed by atoms with E-state index in [0.29, 0.717) is 22.3 Å². The summed E-state index contributed by atoms with van der Waals surface area (Å²) in [5.41, 5.74) is 7.39. The Morgan fingerprint density at radius 2 is 1.83 bits per heavy atom. The second-order valence-electron chi connectivity index (χ2n) is 3.99. The van der Waals surface area contributed by atoms with Gasteiger partial charge in [-0.15, -0.1) is 0 Å². The van der Waals surface area contributed by atoms with Crippen molar-refractivity contribution in [2.24, 2.45) is 0 Å². The molecule has 0 atom stereocenters. The van der Waals surface area contributed by atoms with Gasteiger partial charge in [-0.25, -0.2) is 9.97 Å². The zero-order chi connectivity index (χ0) is 13.1. The van der Waals surface area contributed by atoms with Gasteiger partial charge in [0.15, 0.2) is 11.6 Å². The second kappa shape index (κ2) is 5.10. The summed E-state index contributed by atoms with van der Waals surface area (Å²) >= 11 is 5.83. The molecule has 5 nitrogen and oxygen atoms in total. The predicted octanol–water partition coefficient (Wildman–Crippen LogP) is 2.52. The van der Waals surface area contributed by atoms with Crippen LogP contribution in [0.25, 0.3) is 0 Å². The summed E-state index contributed by atoms with van der Waals surface area (Å²) in [6, 6.07) is 7.32. The second-order valence-corrected chi connectivity index (χ2v) is 4.42. The highest BCUT2D eigenvalue weighted by Crippen LogP contribution is 2.27. The van der Waals surface area contributed by atoms with E-state index in [4.69, 9.17) is 17.3 Å². The zero-order valence-electron chi connectivity index (χ0n) is 10.2. The van der Waals surface area contributed by atoms with E-state index in [9.17, 15) is 0 Å². The molecule has 0 amide bonds. The summed E-state index contributed by atoms with van der Waals surface area (Å²) in [6.07, 6.45) is 1.48. The van der Waals surface area contributed by atoms with Gasteiger partial charge in [0.1, 0.15) is 12.0 Å². The first kappa shape index (κ1) is 12.4. The van der Waals surface area contributed by atoms with Crippen LogP contribution < -0.4 is 16.0 Å². The number of hydrogen-bond acceptors (Lipinski definition) is 5. The van der Waals surface area contributed by atoms with Gasteiger partial charge in [0.05, 0.1) is 0 Å². The van der Waals surface area contributed by atoms with Crippen molar-refractivity contribution in [2.45, 2.75) is 0 Å². The Morgan fingerprint density at radius 1 is 1.17 bits per heavy atom. The third-order valence-electron chi connectivity index (χ3n) is 2.39. The fourth-order valence-electron chi connectivity index (χ4n) is 1.51. The molecule has 3 N–H and O–H groups in total. The number of nitrogens with two attached hydrogens (primary N) is 1. The average Bonchev–Trinajstić information content (AvgIpc) is 2.34. The molecule has 0 aliphatic rings. The number of benzene rings is 1. The molecule has 0 aliphatic carbocycles. The number of anilines is 4. The van der Waals surface area contributed by atoms with Gasteiger partial charge in [-0.2, -0.15) is 0 Å². The molecule has 1 heterocycles. The van der Waals surface area contributed by atoms with Gasteiger partial charge in [-0.05, 0) is 24.3 Å². The first-order valence-electron chi connectivity index (χ1n) is 5.38. The van der Waals surface area contributed by atoms with Gasteiger partial charge >= 0.3 is 0 Å². The minimum absolute atomic E-state index is 0.512. The van der Waals surface area contributed by atoms with Crippen LogP contribution in [0.3, 0.4) is 0 Å². The highest BCUT2D eigenvalue weighted by atomic mass is 35.5. The van der Waals surface area contributed by atoms with Crippen LogP contribution >= 0.6 is 11.6 Å². The molecule has 0 fully saturated rings. The SMILES string of the molecule is CN(C)c1ncnc(Nc2ccc(Cl)cc2)c1N. The van der Waals surface area contributed by atoms with Crippen LogP contribution in [0, 0.1) is 0 Å². The normalized spacial score (nSPS) is 10.2. The molecule has 1 aromatic heterocycles. The lowest BCUT2D eigenvalue weighted by Crippen LogP contribution is -2.14. The Balaban J connectivity index is 2.29. The minimum atomic E-state index is 0.512. The Kier molecular flexibility index (Phi) is 3.53. The van der Waals surface area contributed by atoms with Crippen LogP contribution in [-0.2, 0) is 0 Å². The van der Waals surface area contributed by atoms with Gasteiger partial charge in [-0.1, -0.05) is 11.6 Å². The van der Waals surface area contributed by atoms with Crippen molar-refractivity contribution in [3.63, 3.8) is 0 Å². The van der Waals surface area contributed by atoms with E-state index in [0.717, 1.165) is 5.69 Å². The van der Waals surface area contributed by atoms with Crippen LogP contribution in [0.1, 0.15) is 0 Å². The molecule has 18 heavy (non-hydrogen) atoms. The maximum absolute atomic E-state index is 6.01. The van der Waals surface area contributed by atoms with Crippen molar-refractivity contribution in [2.75, 3.05) is 30.0 Å². The van der Waals surface area contributed by atoms with E-state index >= 15 is 0 Å². The fourth-order valence-corrected chi connectivity index (χ4v) is 1.64. The van der Waals surface area contributed by atoms with E-state index in [1.807, 2.05) is 31.1 Å². The van der Waals surface area contributed by atoms with Crippen molar-refractivity contribution in [3.8, 4) is 0 Å². The molecule has 0 radical (unpaired) electrons. The van der Waals surface area contributed by atoms with Crippen LogP contribution in [0.5, 0.6) is 0 Å². The molecule has 0 saturated carbocycles. The summed E-state index contributed by atoms with van der Waals surface area (Å²) in [5.74, 6) is 1.26. The van der Waals surface area contributed by atoms with Crippen molar-refractivity contribution in [1.29, 1.82) is 0 Å². The molecule has 1 aromatic carbocycles. The van der Waals surface area contributed by atoms with Crippen LogP contribution in [0.4, 0.5) is 23.0 Å².